The minimum Gasteiger partial charge on any atom is -0.367 e. The smallest absolute Gasteiger partial charge is 0.244 e. The van der Waals surface area contributed by atoms with Gasteiger partial charge in [0.15, 0.2) is 0 Å². The highest BCUT2D eigenvalue weighted by Gasteiger charge is 2.38. The van der Waals surface area contributed by atoms with Gasteiger partial charge in [0.05, 0.1) is 6.04 Å². The number of aromatic nitrogens is 2. The quantitative estimate of drug-likeness (QED) is 0.872. The molecule has 2 fully saturated rings. The summed E-state index contributed by atoms with van der Waals surface area (Å²) >= 11 is 0. The van der Waals surface area contributed by atoms with E-state index in [-0.39, 0.29) is 11.6 Å². The topological polar surface area (TPSA) is 60.2 Å². The Morgan fingerprint density at radius 2 is 2.28 bits per heavy atom. The van der Waals surface area contributed by atoms with Crippen LogP contribution in [0.2, 0.25) is 0 Å². The van der Waals surface area contributed by atoms with Crippen molar-refractivity contribution in [2.45, 2.75) is 51.2 Å². The number of ether oxygens (including phenoxy) is 1. The van der Waals surface area contributed by atoms with E-state index in [1.807, 2.05) is 6.92 Å². The zero-order valence-corrected chi connectivity index (χ0v) is 11.1. The zero-order valence-electron chi connectivity index (χ0n) is 11.1. The molecule has 2 aliphatic rings. The van der Waals surface area contributed by atoms with Crippen LogP contribution in [0.3, 0.4) is 0 Å². The first kappa shape index (κ1) is 12.1. The maximum atomic E-state index is 5.75. The minimum atomic E-state index is -0.348. The molecule has 0 amide bonds. The Hall–Kier alpha value is -0.940. The fraction of sp³-hybridized carbons (Fsp3) is 0.846. The first-order valence-corrected chi connectivity index (χ1v) is 6.90. The van der Waals surface area contributed by atoms with E-state index in [1.165, 1.54) is 12.8 Å². The van der Waals surface area contributed by atoms with Gasteiger partial charge < -0.3 is 14.6 Å². The summed E-state index contributed by atoms with van der Waals surface area (Å²) in [6.07, 6.45) is 4.47. The molecule has 0 bridgehead atoms. The molecule has 0 spiro atoms. The largest absolute Gasteiger partial charge is 0.367 e. The van der Waals surface area contributed by atoms with E-state index in [0.29, 0.717) is 17.6 Å². The molecule has 3 heterocycles. The zero-order chi connectivity index (χ0) is 12.6. The average molecular weight is 251 g/mol. The van der Waals surface area contributed by atoms with Gasteiger partial charge >= 0.3 is 0 Å². The molecular weight excluding hydrogens is 230 g/mol. The lowest BCUT2D eigenvalue weighted by atomic mass is 9.92. The summed E-state index contributed by atoms with van der Waals surface area (Å²) < 4.78 is 11.2. The van der Waals surface area contributed by atoms with Gasteiger partial charge in [-0.05, 0) is 45.1 Å². The molecule has 1 aromatic rings. The van der Waals surface area contributed by atoms with Crippen molar-refractivity contribution in [2.24, 2.45) is 5.92 Å². The molecule has 5 nitrogen and oxygen atoms in total. The van der Waals surface area contributed by atoms with Crippen molar-refractivity contribution in [3.05, 3.63) is 11.7 Å². The second-order valence-electron chi connectivity index (χ2n) is 5.69. The van der Waals surface area contributed by atoms with Crippen molar-refractivity contribution in [1.82, 2.24) is 15.5 Å². The normalized spacial score (nSPS) is 37.0. The number of nitrogens with zero attached hydrogens (tertiary/aromatic N) is 2. The van der Waals surface area contributed by atoms with Gasteiger partial charge in [-0.3, -0.25) is 0 Å². The van der Waals surface area contributed by atoms with Crippen LogP contribution in [0, 0.1) is 5.92 Å². The van der Waals surface area contributed by atoms with Gasteiger partial charge in [-0.1, -0.05) is 12.1 Å². The monoisotopic (exact) mass is 251 g/mol. The van der Waals surface area contributed by atoms with Crippen LogP contribution in [-0.4, -0.2) is 23.3 Å². The van der Waals surface area contributed by atoms with Gasteiger partial charge in [-0.25, -0.2) is 0 Å². The molecular formula is C13H21N3O2. The van der Waals surface area contributed by atoms with Crippen molar-refractivity contribution in [3.63, 3.8) is 0 Å². The molecule has 0 aliphatic carbocycles. The summed E-state index contributed by atoms with van der Waals surface area (Å²) in [5, 5.41) is 7.59. The molecule has 0 aromatic carbocycles. The van der Waals surface area contributed by atoms with Crippen molar-refractivity contribution >= 4 is 0 Å². The molecule has 1 aromatic heterocycles. The van der Waals surface area contributed by atoms with Crippen molar-refractivity contribution in [2.75, 3.05) is 13.2 Å². The van der Waals surface area contributed by atoms with E-state index < -0.39 is 0 Å². The number of hydrogen-bond donors (Lipinski definition) is 1. The summed E-state index contributed by atoms with van der Waals surface area (Å²) in [5.74, 6) is 1.97. The maximum absolute atomic E-state index is 5.75. The first-order chi connectivity index (χ1) is 8.69. The van der Waals surface area contributed by atoms with Gasteiger partial charge in [0.2, 0.25) is 11.7 Å². The molecule has 2 aliphatic heterocycles. The fourth-order valence-electron chi connectivity index (χ4n) is 2.91. The Balaban J connectivity index is 1.80. The summed E-state index contributed by atoms with van der Waals surface area (Å²) in [5.41, 5.74) is -0.348. The van der Waals surface area contributed by atoms with Crippen LogP contribution >= 0.6 is 0 Å². The Labute approximate surface area is 107 Å². The Morgan fingerprint density at radius 1 is 1.39 bits per heavy atom. The Morgan fingerprint density at radius 3 is 3.00 bits per heavy atom. The lowest BCUT2D eigenvalue weighted by molar-refractivity contribution is 0.00768. The molecule has 0 radical (unpaired) electrons. The molecule has 100 valence electrons. The van der Waals surface area contributed by atoms with E-state index in [4.69, 9.17) is 9.26 Å². The molecule has 2 saturated heterocycles. The lowest BCUT2D eigenvalue weighted by Gasteiger charge is -2.26. The summed E-state index contributed by atoms with van der Waals surface area (Å²) in [6, 6.07) is 0.199. The predicted octanol–water partition coefficient (Wildman–Crippen LogP) is 2.16. The highest BCUT2D eigenvalue weighted by Crippen LogP contribution is 2.35. The van der Waals surface area contributed by atoms with Crippen molar-refractivity contribution in [3.8, 4) is 0 Å². The van der Waals surface area contributed by atoms with Gasteiger partial charge in [0, 0.05) is 6.61 Å². The molecule has 3 atom stereocenters. The van der Waals surface area contributed by atoms with E-state index in [9.17, 15) is 0 Å². The minimum absolute atomic E-state index is 0.199. The third kappa shape index (κ3) is 2.06. The van der Waals surface area contributed by atoms with E-state index in [0.717, 1.165) is 26.0 Å². The van der Waals surface area contributed by atoms with Crippen LogP contribution in [-0.2, 0) is 10.3 Å². The van der Waals surface area contributed by atoms with Crippen LogP contribution in [0.15, 0.2) is 4.52 Å². The first-order valence-electron chi connectivity index (χ1n) is 6.90. The summed E-state index contributed by atoms with van der Waals surface area (Å²) in [7, 11) is 0. The maximum Gasteiger partial charge on any atom is 0.244 e. The third-order valence-electron chi connectivity index (χ3n) is 4.17. The summed E-state index contributed by atoms with van der Waals surface area (Å²) in [4.78, 5) is 4.57. The fourth-order valence-corrected chi connectivity index (χ4v) is 2.91. The van der Waals surface area contributed by atoms with Gasteiger partial charge in [0.25, 0.3) is 0 Å². The van der Waals surface area contributed by atoms with Crippen molar-refractivity contribution < 1.29 is 9.26 Å². The van der Waals surface area contributed by atoms with Crippen LogP contribution in [0.25, 0.3) is 0 Å². The molecule has 18 heavy (non-hydrogen) atoms. The highest BCUT2D eigenvalue weighted by molar-refractivity contribution is 5.04. The number of nitrogens with one attached hydrogen (secondary N) is 1. The molecule has 3 rings (SSSR count). The van der Waals surface area contributed by atoms with Crippen molar-refractivity contribution in [1.29, 1.82) is 0 Å². The number of rotatable bonds is 2. The molecule has 0 saturated carbocycles. The molecule has 1 N–H and O–H groups in total. The Bertz CT molecular complexity index is 412. The van der Waals surface area contributed by atoms with Gasteiger partial charge in [-0.2, -0.15) is 4.98 Å². The van der Waals surface area contributed by atoms with Gasteiger partial charge in [0.1, 0.15) is 5.60 Å². The standard InChI is InChI=1S/C13H21N3O2/c1-9-5-3-7-14-10(9)11-15-12(16-18-11)13(2)6-4-8-17-13/h9-10,14H,3-8H2,1-2H3. The SMILES string of the molecule is CC1CCCNC1c1nc(C2(C)CCCO2)no1. The van der Waals surface area contributed by atoms with Crippen LogP contribution in [0.4, 0.5) is 0 Å². The van der Waals surface area contributed by atoms with E-state index in [1.54, 1.807) is 0 Å². The second-order valence-corrected chi connectivity index (χ2v) is 5.69. The lowest BCUT2D eigenvalue weighted by Crippen LogP contribution is -2.33. The van der Waals surface area contributed by atoms with Crippen LogP contribution in [0.5, 0.6) is 0 Å². The highest BCUT2D eigenvalue weighted by atomic mass is 16.5. The van der Waals surface area contributed by atoms with Gasteiger partial charge in [-0.15, -0.1) is 0 Å². The van der Waals surface area contributed by atoms with Crippen LogP contribution < -0.4 is 5.32 Å². The predicted molar refractivity (Wildman–Crippen MR) is 66.0 cm³/mol. The van der Waals surface area contributed by atoms with E-state index in [2.05, 4.69) is 22.4 Å². The number of piperidine rings is 1. The van der Waals surface area contributed by atoms with E-state index >= 15 is 0 Å². The van der Waals surface area contributed by atoms with Crippen LogP contribution in [0.1, 0.15) is 57.3 Å². The second kappa shape index (κ2) is 4.63. The molecule has 3 unspecified atom stereocenters. The third-order valence-corrected chi connectivity index (χ3v) is 4.17. The molecule has 5 heteroatoms. The Kier molecular flexibility index (Phi) is 3.11. The average Bonchev–Trinajstić information content (AvgIpc) is 2.99. The summed E-state index contributed by atoms with van der Waals surface area (Å²) in [6.45, 7) is 6.10. The number of hydrogen-bond acceptors (Lipinski definition) is 5.